The topological polar surface area (TPSA) is 74.6 Å². The Bertz CT molecular complexity index is 1240. The zero-order chi connectivity index (χ0) is 22.8. The Morgan fingerprint density at radius 2 is 1.94 bits per heavy atom. The Labute approximate surface area is 197 Å². The molecule has 7 heteroatoms. The molecule has 2 aliphatic rings. The number of carbonyl (C=O) groups excluding carboxylic acids is 2. The molecule has 0 bridgehead atoms. The number of nitrogens with one attached hydrogen (secondary N) is 2. The zero-order valence-electron chi connectivity index (χ0n) is 18.1. The minimum Gasteiger partial charge on any atom is -0.457 e. The first-order valence-electron chi connectivity index (χ1n) is 11.1. The number of halogens is 1. The smallest absolute Gasteiger partial charge is 0.256 e. The normalized spacial score (nSPS) is 16.8. The second-order valence-corrected chi connectivity index (χ2v) is 8.67. The van der Waals surface area contributed by atoms with Gasteiger partial charge in [0.05, 0.1) is 16.2 Å². The number of amides is 2. The van der Waals surface area contributed by atoms with E-state index in [1.54, 1.807) is 24.3 Å². The van der Waals surface area contributed by atoms with Crippen molar-refractivity contribution in [2.45, 2.75) is 12.8 Å². The molecular weight excluding hydrogens is 438 g/mol. The van der Waals surface area contributed by atoms with Gasteiger partial charge in [-0.05, 0) is 68.4 Å². The molecule has 2 N–H and O–H groups in total. The van der Waals surface area contributed by atoms with Gasteiger partial charge < -0.3 is 20.0 Å². The van der Waals surface area contributed by atoms with Crippen LogP contribution < -0.4 is 10.6 Å². The third-order valence-corrected chi connectivity index (χ3v) is 6.36. The van der Waals surface area contributed by atoms with Gasteiger partial charge in [0.15, 0.2) is 0 Å². The fourth-order valence-corrected chi connectivity index (χ4v) is 4.49. The summed E-state index contributed by atoms with van der Waals surface area (Å²) >= 11 is 6.31. The van der Waals surface area contributed by atoms with Gasteiger partial charge in [-0.1, -0.05) is 29.8 Å². The van der Waals surface area contributed by atoms with Crippen molar-refractivity contribution in [3.05, 3.63) is 76.5 Å². The summed E-state index contributed by atoms with van der Waals surface area (Å²) in [6.45, 7) is 3.62. The van der Waals surface area contributed by atoms with E-state index in [2.05, 4.69) is 15.5 Å². The molecule has 3 heterocycles. The summed E-state index contributed by atoms with van der Waals surface area (Å²) in [6, 6.07) is 16.4. The van der Waals surface area contributed by atoms with Crippen molar-refractivity contribution in [1.29, 1.82) is 0 Å². The average molecular weight is 462 g/mol. The summed E-state index contributed by atoms with van der Waals surface area (Å²) in [5, 5.41) is 6.21. The van der Waals surface area contributed by atoms with Gasteiger partial charge in [-0.25, -0.2) is 0 Å². The first-order valence-corrected chi connectivity index (χ1v) is 11.5. The number of carbonyl (C=O) groups is 2. The minimum atomic E-state index is -0.200. The Hall–Kier alpha value is -3.35. The molecular formula is C26H24ClN3O3. The molecule has 0 spiro atoms. The molecule has 0 atom stereocenters. The van der Waals surface area contributed by atoms with Crippen molar-refractivity contribution in [3.63, 3.8) is 0 Å². The van der Waals surface area contributed by atoms with Crippen LogP contribution in [0.4, 0.5) is 5.69 Å². The largest absolute Gasteiger partial charge is 0.457 e. The molecule has 33 heavy (non-hydrogen) atoms. The lowest BCUT2D eigenvalue weighted by Gasteiger charge is -2.15. The number of furan rings is 1. The lowest BCUT2D eigenvalue weighted by atomic mass is 10.1. The average Bonchev–Trinajstić information content (AvgIpc) is 3.56. The number of anilines is 1. The number of nitrogens with zero attached hydrogens (tertiary/aromatic N) is 1. The molecule has 168 valence electrons. The van der Waals surface area contributed by atoms with Crippen LogP contribution in [0.15, 0.2) is 59.0 Å². The van der Waals surface area contributed by atoms with Crippen LogP contribution in [0, 0.1) is 0 Å². The second kappa shape index (κ2) is 9.25. The van der Waals surface area contributed by atoms with Crippen molar-refractivity contribution in [3.8, 4) is 11.3 Å². The molecule has 0 saturated carbocycles. The van der Waals surface area contributed by atoms with Crippen LogP contribution in [0.5, 0.6) is 0 Å². The van der Waals surface area contributed by atoms with Crippen molar-refractivity contribution in [2.75, 3.05) is 31.5 Å². The molecule has 2 amide bonds. The third-order valence-electron chi connectivity index (χ3n) is 6.03. The van der Waals surface area contributed by atoms with Crippen molar-refractivity contribution < 1.29 is 14.0 Å². The number of likely N-dealkylation sites (tertiary alicyclic amines) is 1. The monoisotopic (exact) mass is 461 g/mol. The lowest BCUT2D eigenvalue weighted by molar-refractivity contribution is -0.110. The first-order chi connectivity index (χ1) is 16.1. The van der Waals surface area contributed by atoms with E-state index >= 15 is 0 Å². The van der Waals surface area contributed by atoms with Crippen LogP contribution in [0.1, 0.15) is 34.5 Å². The van der Waals surface area contributed by atoms with E-state index in [9.17, 15) is 9.59 Å². The first kappa shape index (κ1) is 21.5. The predicted octanol–water partition coefficient (Wildman–Crippen LogP) is 4.92. The second-order valence-electron chi connectivity index (χ2n) is 8.26. The molecule has 1 saturated heterocycles. The van der Waals surface area contributed by atoms with Gasteiger partial charge in [-0.15, -0.1) is 0 Å². The van der Waals surface area contributed by atoms with E-state index in [4.69, 9.17) is 16.0 Å². The quantitative estimate of drug-likeness (QED) is 0.511. The number of hydrogen-bond donors (Lipinski definition) is 2. The van der Waals surface area contributed by atoms with Gasteiger partial charge in [0, 0.05) is 29.9 Å². The molecule has 0 radical (unpaired) electrons. The van der Waals surface area contributed by atoms with Crippen LogP contribution in [0.2, 0.25) is 5.02 Å². The highest BCUT2D eigenvalue weighted by Crippen LogP contribution is 2.34. The van der Waals surface area contributed by atoms with Crippen molar-refractivity contribution >= 4 is 40.8 Å². The highest BCUT2D eigenvalue weighted by atomic mass is 35.5. The third kappa shape index (κ3) is 4.58. The predicted molar refractivity (Wildman–Crippen MR) is 130 cm³/mol. The maximum atomic E-state index is 12.7. The van der Waals surface area contributed by atoms with E-state index in [1.807, 2.05) is 36.4 Å². The Morgan fingerprint density at radius 1 is 1.12 bits per heavy atom. The van der Waals surface area contributed by atoms with Crippen LogP contribution in [0.25, 0.3) is 23.0 Å². The van der Waals surface area contributed by atoms with Crippen molar-refractivity contribution in [2.24, 2.45) is 0 Å². The summed E-state index contributed by atoms with van der Waals surface area (Å²) in [7, 11) is 0. The standard InChI is InChI=1S/C26H24ClN3O3/c27-22-9-7-17(15-21(22)25(31)28-11-14-30-12-3-4-13-30)24-10-8-18(33-24)16-20-19-5-1-2-6-23(19)29-26(20)32/h1-2,5-10,15-16H,3-4,11-14H2,(H,28,31)(H,29,32)/b20-16+. The molecule has 1 aromatic heterocycles. The van der Waals surface area contributed by atoms with Crippen molar-refractivity contribution in [1.82, 2.24) is 10.2 Å². The highest BCUT2D eigenvalue weighted by molar-refractivity contribution is 6.35. The molecule has 5 rings (SSSR count). The number of rotatable bonds is 6. The van der Waals surface area contributed by atoms with Gasteiger partial charge in [-0.3, -0.25) is 9.59 Å². The fourth-order valence-electron chi connectivity index (χ4n) is 4.29. The zero-order valence-corrected chi connectivity index (χ0v) is 18.8. The molecule has 1 fully saturated rings. The summed E-state index contributed by atoms with van der Waals surface area (Å²) < 4.78 is 5.98. The van der Waals surface area contributed by atoms with Gasteiger partial charge in [0.25, 0.3) is 11.8 Å². The Balaban J connectivity index is 1.32. The van der Waals surface area contributed by atoms with E-state index in [0.717, 1.165) is 36.4 Å². The van der Waals surface area contributed by atoms with Gasteiger partial charge in [0.1, 0.15) is 11.5 Å². The van der Waals surface area contributed by atoms with E-state index in [-0.39, 0.29) is 11.8 Å². The molecule has 6 nitrogen and oxygen atoms in total. The number of benzene rings is 2. The Morgan fingerprint density at radius 3 is 2.79 bits per heavy atom. The highest BCUT2D eigenvalue weighted by Gasteiger charge is 2.24. The molecule has 0 unspecified atom stereocenters. The molecule has 2 aliphatic heterocycles. The summed E-state index contributed by atoms with van der Waals surface area (Å²) in [5.41, 5.74) is 3.35. The van der Waals surface area contributed by atoms with E-state index in [0.29, 0.717) is 34.2 Å². The minimum absolute atomic E-state index is 0.159. The maximum Gasteiger partial charge on any atom is 0.256 e. The SMILES string of the molecule is O=C1Nc2ccccc2/C1=C\c1ccc(-c2ccc(Cl)c(C(=O)NCCN3CCCC3)c2)o1. The van der Waals surface area contributed by atoms with Crippen LogP contribution in [0.3, 0.4) is 0 Å². The molecule has 2 aromatic carbocycles. The van der Waals surface area contributed by atoms with Crippen LogP contribution >= 0.6 is 11.6 Å². The number of fused-ring (bicyclic) bond motifs is 1. The van der Waals surface area contributed by atoms with Crippen LogP contribution in [-0.2, 0) is 4.79 Å². The maximum absolute atomic E-state index is 12.7. The van der Waals surface area contributed by atoms with Gasteiger partial charge in [-0.2, -0.15) is 0 Å². The number of para-hydroxylation sites is 1. The van der Waals surface area contributed by atoms with Gasteiger partial charge in [0.2, 0.25) is 0 Å². The summed E-state index contributed by atoms with van der Waals surface area (Å²) in [6.07, 6.45) is 4.17. The summed E-state index contributed by atoms with van der Waals surface area (Å²) in [4.78, 5) is 27.4. The molecule has 3 aromatic rings. The number of hydrogen-bond acceptors (Lipinski definition) is 4. The summed E-state index contributed by atoms with van der Waals surface area (Å²) in [5.74, 6) is 0.789. The van der Waals surface area contributed by atoms with E-state index < -0.39 is 0 Å². The molecule has 0 aliphatic carbocycles. The lowest BCUT2D eigenvalue weighted by Crippen LogP contribution is -2.33. The Kier molecular flexibility index (Phi) is 6.03. The van der Waals surface area contributed by atoms with E-state index in [1.165, 1.54) is 12.8 Å². The van der Waals surface area contributed by atoms with Gasteiger partial charge >= 0.3 is 0 Å². The fraction of sp³-hybridized carbons (Fsp3) is 0.231. The van der Waals surface area contributed by atoms with Crippen LogP contribution in [-0.4, -0.2) is 42.9 Å².